The highest BCUT2D eigenvalue weighted by Gasteiger charge is 2.31. The van der Waals surface area contributed by atoms with E-state index >= 15 is 0 Å². The minimum Gasteiger partial charge on any atom is -0.317 e. The van der Waals surface area contributed by atoms with Gasteiger partial charge in [-0.05, 0) is 50.2 Å². The number of hydrogen-bond acceptors (Lipinski definition) is 2. The lowest BCUT2D eigenvalue weighted by molar-refractivity contribution is 0.262. The second kappa shape index (κ2) is 7.29. The molecule has 0 saturated heterocycles. The standard InChI is InChI=1S/C14H30N2/c1-4-14(8-6-7-9-14)12-16-11-13(3)10-15-5-2/h13,15-16H,4-12H2,1-3H3. The van der Waals surface area contributed by atoms with Crippen molar-refractivity contribution in [3.63, 3.8) is 0 Å². The minimum absolute atomic E-state index is 0.637. The van der Waals surface area contributed by atoms with Crippen molar-refractivity contribution in [1.82, 2.24) is 10.6 Å². The van der Waals surface area contributed by atoms with Crippen LogP contribution in [0.3, 0.4) is 0 Å². The fraction of sp³-hybridized carbons (Fsp3) is 1.00. The van der Waals surface area contributed by atoms with E-state index in [1.807, 2.05) is 0 Å². The third-order valence-corrected chi connectivity index (χ3v) is 4.15. The van der Waals surface area contributed by atoms with Crippen LogP contribution in [0.4, 0.5) is 0 Å². The van der Waals surface area contributed by atoms with Crippen LogP contribution in [0.5, 0.6) is 0 Å². The molecule has 1 aliphatic carbocycles. The van der Waals surface area contributed by atoms with Gasteiger partial charge in [0.05, 0.1) is 0 Å². The van der Waals surface area contributed by atoms with Crippen LogP contribution >= 0.6 is 0 Å². The molecule has 1 rings (SSSR count). The maximum Gasteiger partial charge on any atom is 0.000783 e. The fourth-order valence-electron chi connectivity index (χ4n) is 2.83. The Hall–Kier alpha value is -0.0800. The summed E-state index contributed by atoms with van der Waals surface area (Å²) in [6.07, 6.45) is 7.13. The van der Waals surface area contributed by atoms with Gasteiger partial charge in [0.15, 0.2) is 0 Å². The molecule has 1 saturated carbocycles. The lowest BCUT2D eigenvalue weighted by Gasteiger charge is -2.28. The number of rotatable bonds is 8. The van der Waals surface area contributed by atoms with Crippen molar-refractivity contribution >= 4 is 0 Å². The molecule has 0 aromatic heterocycles. The molecule has 0 amide bonds. The summed E-state index contributed by atoms with van der Waals surface area (Å²) in [6, 6.07) is 0. The van der Waals surface area contributed by atoms with Crippen LogP contribution in [0.2, 0.25) is 0 Å². The molecular weight excluding hydrogens is 196 g/mol. The van der Waals surface area contributed by atoms with Crippen LogP contribution in [-0.2, 0) is 0 Å². The van der Waals surface area contributed by atoms with Gasteiger partial charge in [0, 0.05) is 6.54 Å². The van der Waals surface area contributed by atoms with E-state index in [4.69, 9.17) is 0 Å². The van der Waals surface area contributed by atoms with E-state index in [0.29, 0.717) is 5.41 Å². The Morgan fingerprint density at radius 3 is 2.25 bits per heavy atom. The highest BCUT2D eigenvalue weighted by Crippen LogP contribution is 2.40. The van der Waals surface area contributed by atoms with Gasteiger partial charge in [0.1, 0.15) is 0 Å². The molecule has 0 radical (unpaired) electrons. The van der Waals surface area contributed by atoms with Crippen LogP contribution < -0.4 is 10.6 Å². The SMILES string of the molecule is CCNCC(C)CNCC1(CC)CCCC1. The maximum atomic E-state index is 3.69. The van der Waals surface area contributed by atoms with Crippen LogP contribution in [0.25, 0.3) is 0 Å². The summed E-state index contributed by atoms with van der Waals surface area (Å²) in [5, 5.41) is 7.10. The van der Waals surface area contributed by atoms with Gasteiger partial charge >= 0.3 is 0 Å². The number of nitrogens with one attached hydrogen (secondary N) is 2. The third-order valence-electron chi connectivity index (χ3n) is 4.15. The van der Waals surface area contributed by atoms with Gasteiger partial charge in [-0.2, -0.15) is 0 Å². The Morgan fingerprint density at radius 1 is 1.06 bits per heavy atom. The quantitative estimate of drug-likeness (QED) is 0.665. The van der Waals surface area contributed by atoms with E-state index < -0.39 is 0 Å². The van der Waals surface area contributed by atoms with Crippen molar-refractivity contribution in [3.8, 4) is 0 Å². The zero-order valence-corrected chi connectivity index (χ0v) is 11.4. The van der Waals surface area contributed by atoms with E-state index in [1.165, 1.54) is 38.6 Å². The molecule has 16 heavy (non-hydrogen) atoms. The average Bonchev–Trinajstić information content (AvgIpc) is 2.76. The van der Waals surface area contributed by atoms with E-state index in [2.05, 4.69) is 31.4 Å². The summed E-state index contributed by atoms with van der Waals surface area (Å²) >= 11 is 0. The van der Waals surface area contributed by atoms with Gasteiger partial charge in [-0.1, -0.05) is 33.6 Å². The summed E-state index contributed by atoms with van der Waals surface area (Å²) in [4.78, 5) is 0. The summed E-state index contributed by atoms with van der Waals surface area (Å²) in [5.41, 5.74) is 0.637. The predicted molar refractivity (Wildman–Crippen MR) is 71.8 cm³/mol. The summed E-state index contributed by atoms with van der Waals surface area (Å²) in [6.45, 7) is 11.5. The zero-order chi connectivity index (χ0) is 11.9. The lowest BCUT2D eigenvalue weighted by Crippen LogP contribution is -2.36. The van der Waals surface area contributed by atoms with Crippen molar-refractivity contribution in [3.05, 3.63) is 0 Å². The molecule has 0 heterocycles. The minimum atomic E-state index is 0.637. The molecule has 2 N–H and O–H groups in total. The molecule has 1 atom stereocenters. The van der Waals surface area contributed by atoms with Crippen LogP contribution in [0, 0.1) is 11.3 Å². The van der Waals surface area contributed by atoms with Crippen molar-refractivity contribution in [2.24, 2.45) is 11.3 Å². The summed E-state index contributed by atoms with van der Waals surface area (Å²) in [7, 11) is 0. The highest BCUT2D eigenvalue weighted by atomic mass is 14.9. The molecule has 0 aromatic carbocycles. The molecule has 2 heteroatoms. The van der Waals surface area contributed by atoms with Gasteiger partial charge in [-0.25, -0.2) is 0 Å². The fourth-order valence-corrected chi connectivity index (χ4v) is 2.83. The average molecular weight is 226 g/mol. The Morgan fingerprint density at radius 2 is 1.69 bits per heavy atom. The Balaban J connectivity index is 2.13. The van der Waals surface area contributed by atoms with Crippen molar-refractivity contribution in [2.75, 3.05) is 26.2 Å². The molecule has 0 bridgehead atoms. The van der Waals surface area contributed by atoms with E-state index in [9.17, 15) is 0 Å². The topological polar surface area (TPSA) is 24.1 Å². The second-order valence-electron chi connectivity index (χ2n) is 5.60. The van der Waals surface area contributed by atoms with Gasteiger partial charge in [-0.3, -0.25) is 0 Å². The van der Waals surface area contributed by atoms with E-state index in [0.717, 1.165) is 25.6 Å². The first-order chi connectivity index (χ1) is 7.72. The first kappa shape index (κ1) is 14.0. The Kier molecular flexibility index (Phi) is 6.37. The Bertz CT molecular complexity index is 174. The third kappa shape index (κ3) is 4.42. The maximum absolute atomic E-state index is 3.69. The predicted octanol–water partition coefficient (Wildman–Crippen LogP) is 2.79. The van der Waals surface area contributed by atoms with Crippen LogP contribution in [-0.4, -0.2) is 26.2 Å². The normalized spacial score (nSPS) is 21.2. The van der Waals surface area contributed by atoms with Gasteiger partial charge in [0.2, 0.25) is 0 Å². The molecule has 2 nitrogen and oxygen atoms in total. The van der Waals surface area contributed by atoms with E-state index in [1.54, 1.807) is 0 Å². The van der Waals surface area contributed by atoms with Crippen molar-refractivity contribution in [2.45, 2.75) is 52.9 Å². The molecular formula is C14H30N2. The van der Waals surface area contributed by atoms with Crippen LogP contribution in [0.1, 0.15) is 52.9 Å². The molecule has 0 spiro atoms. The largest absolute Gasteiger partial charge is 0.317 e. The molecule has 1 aliphatic rings. The lowest BCUT2D eigenvalue weighted by atomic mass is 9.83. The van der Waals surface area contributed by atoms with Gasteiger partial charge < -0.3 is 10.6 Å². The smallest absolute Gasteiger partial charge is 0.000783 e. The Labute approximate surface area is 102 Å². The number of hydrogen-bond donors (Lipinski definition) is 2. The van der Waals surface area contributed by atoms with Gasteiger partial charge in [-0.15, -0.1) is 0 Å². The van der Waals surface area contributed by atoms with Crippen LogP contribution in [0.15, 0.2) is 0 Å². The zero-order valence-electron chi connectivity index (χ0n) is 11.4. The molecule has 1 unspecified atom stereocenters. The second-order valence-corrected chi connectivity index (χ2v) is 5.60. The molecule has 1 fully saturated rings. The first-order valence-corrected chi connectivity index (χ1v) is 7.14. The summed E-state index contributed by atoms with van der Waals surface area (Å²) < 4.78 is 0. The highest BCUT2D eigenvalue weighted by molar-refractivity contribution is 4.85. The van der Waals surface area contributed by atoms with Gasteiger partial charge in [0.25, 0.3) is 0 Å². The molecule has 96 valence electrons. The summed E-state index contributed by atoms with van der Waals surface area (Å²) in [5.74, 6) is 0.746. The first-order valence-electron chi connectivity index (χ1n) is 7.14. The van der Waals surface area contributed by atoms with Crippen molar-refractivity contribution in [1.29, 1.82) is 0 Å². The van der Waals surface area contributed by atoms with Crippen molar-refractivity contribution < 1.29 is 0 Å². The van der Waals surface area contributed by atoms with E-state index in [-0.39, 0.29) is 0 Å². The molecule has 0 aromatic rings. The molecule has 0 aliphatic heterocycles. The monoisotopic (exact) mass is 226 g/mol.